The number of rotatable bonds is 4. The quantitative estimate of drug-likeness (QED) is 0.709. The number of aromatic nitrogens is 4. The maximum Gasteiger partial charge on any atom is 0.433 e. The van der Waals surface area contributed by atoms with Gasteiger partial charge in [-0.05, 0) is 19.9 Å². The molecule has 13 heteroatoms. The van der Waals surface area contributed by atoms with Crippen molar-refractivity contribution in [1.29, 1.82) is 0 Å². The van der Waals surface area contributed by atoms with Crippen molar-refractivity contribution in [1.82, 2.24) is 28.8 Å². The molecule has 2 aromatic heterocycles. The van der Waals surface area contributed by atoms with Crippen LogP contribution in [0.2, 0.25) is 0 Å². The Labute approximate surface area is 165 Å². The lowest BCUT2D eigenvalue weighted by molar-refractivity contribution is -0.146. The van der Waals surface area contributed by atoms with Crippen molar-refractivity contribution in [2.24, 2.45) is 7.05 Å². The first-order chi connectivity index (χ1) is 13.4. The summed E-state index contributed by atoms with van der Waals surface area (Å²) in [6.07, 6.45) is -3.34. The van der Waals surface area contributed by atoms with Gasteiger partial charge in [-0.1, -0.05) is 0 Å². The van der Waals surface area contributed by atoms with Gasteiger partial charge in [-0.2, -0.15) is 27.7 Å². The average Bonchev–Trinajstić information content (AvgIpc) is 3.17. The van der Waals surface area contributed by atoms with Gasteiger partial charge < -0.3 is 4.90 Å². The Bertz CT molecular complexity index is 1020. The molecule has 0 N–H and O–H groups in total. The first-order valence-corrected chi connectivity index (χ1v) is 10.2. The van der Waals surface area contributed by atoms with Crippen LogP contribution in [0.4, 0.5) is 13.2 Å². The van der Waals surface area contributed by atoms with E-state index in [1.165, 1.54) is 27.0 Å². The van der Waals surface area contributed by atoms with Gasteiger partial charge in [0.25, 0.3) is 0 Å². The second-order valence-electron chi connectivity index (χ2n) is 6.83. The third-order valence-electron chi connectivity index (χ3n) is 4.88. The van der Waals surface area contributed by atoms with E-state index in [1.54, 1.807) is 14.0 Å². The van der Waals surface area contributed by atoms with E-state index in [-0.39, 0.29) is 36.8 Å². The second kappa shape index (κ2) is 7.44. The summed E-state index contributed by atoms with van der Waals surface area (Å²) in [5.74, 6) is -0.548. The summed E-state index contributed by atoms with van der Waals surface area (Å²) < 4.78 is 68.1. The van der Waals surface area contributed by atoms with Crippen molar-refractivity contribution in [2.75, 3.05) is 26.2 Å². The Morgan fingerprint density at radius 1 is 1.17 bits per heavy atom. The SMILES string of the molecule is Cc1cc(C(F)(F)F)n(CC(=O)N2CCN(S(=O)(=O)c3cnn(C)c3C)CC2)n1. The second-order valence-corrected chi connectivity index (χ2v) is 8.74. The topological polar surface area (TPSA) is 93.3 Å². The van der Waals surface area contributed by atoms with Crippen LogP contribution in [0.25, 0.3) is 0 Å². The summed E-state index contributed by atoms with van der Waals surface area (Å²) in [7, 11) is -2.12. The molecule has 0 radical (unpaired) electrons. The lowest BCUT2D eigenvalue weighted by Crippen LogP contribution is -2.51. The van der Waals surface area contributed by atoms with E-state index in [0.717, 1.165) is 6.07 Å². The van der Waals surface area contributed by atoms with Gasteiger partial charge in [0.15, 0.2) is 0 Å². The number of hydrogen-bond donors (Lipinski definition) is 0. The van der Waals surface area contributed by atoms with Crippen LogP contribution in [0.1, 0.15) is 17.1 Å². The molecular weight excluding hydrogens is 413 g/mol. The minimum absolute atomic E-state index is 0.0483. The molecule has 3 heterocycles. The molecule has 3 rings (SSSR count). The van der Waals surface area contributed by atoms with E-state index < -0.39 is 34.3 Å². The summed E-state index contributed by atoms with van der Waals surface area (Å²) in [5.41, 5.74) is -0.332. The van der Waals surface area contributed by atoms with Crippen molar-refractivity contribution in [3.05, 3.63) is 29.3 Å². The minimum atomic E-state index is -4.62. The largest absolute Gasteiger partial charge is 0.433 e. The van der Waals surface area contributed by atoms with Gasteiger partial charge in [-0.15, -0.1) is 0 Å². The highest BCUT2D eigenvalue weighted by Gasteiger charge is 2.37. The molecule has 1 aliphatic heterocycles. The number of sulfonamides is 1. The molecule has 2 aromatic rings. The first kappa shape index (κ1) is 21.3. The molecule has 0 aromatic carbocycles. The molecule has 1 aliphatic rings. The van der Waals surface area contributed by atoms with Gasteiger partial charge in [0.2, 0.25) is 15.9 Å². The number of hydrogen-bond acceptors (Lipinski definition) is 5. The van der Waals surface area contributed by atoms with Crippen molar-refractivity contribution in [2.45, 2.75) is 31.5 Å². The molecule has 1 saturated heterocycles. The number of alkyl halides is 3. The molecule has 0 spiro atoms. The van der Waals surface area contributed by atoms with Crippen LogP contribution in [0.5, 0.6) is 0 Å². The summed E-state index contributed by atoms with van der Waals surface area (Å²) in [6, 6.07) is 0.883. The smallest absolute Gasteiger partial charge is 0.338 e. The standard InChI is InChI=1S/C16H21F3N6O3S/c1-11-8-14(16(17,18)19)25(21-11)10-15(26)23-4-6-24(7-5-23)29(27,28)13-9-20-22(3)12(13)2/h8-9H,4-7,10H2,1-3H3. The van der Waals surface area contributed by atoms with Crippen molar-refractivity contribution >= 4 is 15.9 Å². The summed E-state index contributed by atoms with van der Waals surface area (Å²) >= 11 is 0. The van der Waals surface area contributed by atoms with Gasteiger partial charge in [0.05, 0.1) is 17.6 Å². The number of amides is 1. The van der Waals surface area contributed by atoms with Gasteiger partial charge in [-0.25, -0.2) is 8.42 Å². The maximum atomic E-state index is 13.1. The lowest BCUT2D eigenvalue weighted by Gasteiger charge is -2.34. The Hall–Kier alpha value is -2.41. The van der Waals surface area contributed by atoms with Crippen molar-refractivity contribution in [3.63, 3.8) is 0 Å². The Morgan fingerprint density at radius 3 is 2.31 bits per heavy atom. The Morgan fingerprint density at radius 2 is 1.79 bits per heavy atom. The monoisotopic (exact) mass is 434 g/mol. The molecule has 160 valence electrons. The lowest BCUT2D eigenvalue weighted by atomic mass is 10.3. The Kier molecular flexibility index (Phi) is 5.47. The molecule has 29 heavy (non-hydrogen) atoms. The molecule has 9 nitrogen and oxygen atoms in total. The van der Waals surface area contributed by atoms with Gasteiger partial charge in [-0.3, -0.25) is 14.2 Å². The van der Waals surface area contributed by atoms with Gasteiger partial charge in [0, 0.05) is 33.2 Å². The van der Waals surface area contributed by atoms with Crippen LogP contribution >= 0.6 is 0 Å². The third-order valence-corrected chi connectivity index (χ3v) is 6.88. The van der Waals surface area contributed by atoms with Crippen LogP contribution in [-0.4, -0.2) is 69.3 Å². The molecule has 0 aliphatic carbocycles. The fraction of sp³-hybridized carbons (Fsp3) is 0.562. The molecule has 1 fully saturated rings. The molecule has 0 saturated carbocycles. The minimum Gasteiger partial charge on any atom is -0.338 e. The van der Waals surface area contributed by atoms with Crippen LogP contribution in [-0.2, 0) is 34.6 Å². The Balaban J connectivity index is 1.67. The maximum absolute atomic E-state index is 13.1. The zero-order valence-corrected chi connectivity index (χ0v) is 17.0. The van der Waals surface area contributed by atoms with Crippen LogP contribution in [0.3, 0.4) is 0 Å². The summed E-state index contributed by atoms with van der Waals surface area (Å²) in [6.45, 7) is 2.76. The highest BCUT2D eigenvalue weighted by molar-refractivity contribution is 7.89. The molecule has 0 unspecified atom stereocenters. The molecule has 0 bridgehead atoms. The van der Waals surface area contributed by atoms with Gasteiger partial charge >= 0.3 is 6.18 Å². The predicted molar refractivity (Wildman–Crippen MR) is 95.2 cm³/mol. The van der Waals surface area contributed by atoms with E-state index in [9.17, 15) is 26.4 Å². The predicted octanol–water partition coefficient (Wildman–Crippen LogP) is 0.785. The average molecular weight is 434 g/mol. The van der Waals surface area contributed by atoms with Gasteiger partial charge in [0.1, 0.15) is 17.1 Å². The fourth-order valence-electron chi connectivity index (χ4n) is 3.17. The molecule has 0 atom stereocenters. The molecular formula is C16H21F3N6O3S. The van der Waals surface area contributed by atoms with Crippen molar-refractivity contribution < 1.29 is 26.4 Å². The summed E-state index contributed by atoms with van der Waals surface area (Å²) in [5, 5.41) is 7.69. The van der Waals surface area contributed by atoms with Crippen molar-refractivity contribution in [3.8, 4) is 0 Å². The number of nitrogens with zero attached hydrogens (tertiary/aromatic N) is 6. The van der Waals surface area contributed by atoms with Crippen LogP contribution in [0, 0.1) is 13.8 Å². The highest BCUT2D eigenvalue weighted by Crippen LogP contribution is 2.30. The number of halogens is 3. The molecule has 1 amide bonds. The van der Waals surface area contributed by atoms with Crippen LogP contribution < -0.4 is 0 Å². The van der Waals surface area contributed by atoms with E-state index in [4.69, 9.17) is 0 Å². The third kappa shape index (κ3) is 4.15. The van der Waals surface area contributed by atoms with E-state index in [2.05, 4.69) is 10.2 Å². The number of carbonyl (C=O) groups is 1. The zero-order valence-electron chi connectivity index (χ0n) is 16.1. The first-order valence-electron chi connectivity index (χ1n) is 8.79. The number of carbonyl (C=O) groups excluding carboxylic acids is 1. The number of aryl methyl sites for hydroxylation is 2. The fourth-order valence-corrected chi connectivity index (χ4v) is 4.78. The number of piperazine rings is 1. The highest BCUT2D eigenvalue weighted by atomic mass is 32.2. The zero-order chi connectivity index (χ0) is 21.6. The summed E-state index contributed by atoms with van der Waals surface area (Å²) in [4.78, 5) is 13.9. The normalized spacial score (nSPS) is 16.4. The van der Waals surface area contributed by atoms with E-state index in [0.29, 0.717) is 10.4 Å². The van der Waals surface area contributed by atoms with Crippen LogP contribution in [0.15, 0.2) is 17.2 Å². The van der Waals surface area contributed by atoms with E-state index in [1.807, 2.05) is 0 Å². The van der Waals surface area contributed by atoms with E-state index >= 15 is 0 Å².